The van der Waals surface area contributed by atoms with Crippen LogP contribution >= 0.6 is 0 Å². The molecule has 1 fully saturated rings. The van der Waals surface area contributed by atoms with Crippen molar-refractivity contribution in [2.75, 3.05) is 0 Å². The largest absolute Gasteiger partial charge is 0.198 e. The lowest BCUT2D eigenvalue weighted by molar-refractivity contribution is -0.291. The first-order chi connectivity index (χ1) is 5.79. The van der Waals surface area contributed by atoms with E-state index in [1.165, 1.54) is 0 Å². The Hall–Kier alpha value is -0.590. The molecule has 0 amide bonds. The minimum atomic E-state index is -0.401. The van der Waals surface area contributed by atoms with E-state index < -0.39 is 11.1 Å². The van der Waals surface area contributed by atoms with Gasteiger partial charge >= 0.3 is 0 Å². The highest BCUT2D eigenvalue weighted by molar-refractivity contribution is 5.02. The molecule has 0 spiro atoms. The fraction of sp³-hybridized carbons (Fsp3) is 0.900. The van der Waals surface area contributed by atoms with Crippen molar-refractivity contribution in [1.29, 1.82) is 5.26 Å². The van der Waals surface area contributed by atoms with Crippen molar-refractivity contribution in [2.45, 2.75) is 51.6 Å². The first-order valence-corrected chi connectivity index (χ1v) is 4.67. The van der Waals surface area contributed by atoms with E-state index >= 15 is 0 Å². The van der Waals surface area contributed by atoms with Crippen LogP contribution in [0.5, 0.6) is 0 Å². The molecule has 0 bridgehead atoms. The van der Waals surface area contributed by atoms with Crippen LogP contribution in [0, 0.1) is 17.2 Å². The van der Waals surface area contributed by atoms with Gasteiger partial charge in [-0.1, -0.05) is 0 Å². The molecular weight excluding hydrogens is 164 g/mol. The van der Waals surface area contributed by atoms with Crippen LogP contribution in [0.25, 0.3) is 0 Å². The zero-order valence-electron chi connectivity index (χ0n) is 8.79. The average Bonchev–Trinajstić information content (AvgIpc) is 1.99. The maximum Gasteiger partial charge on any atom is 0.0657 e. The number of hydrogen-bond acceptors (Lipinski definition) is 2. The van der Waals surface area contributed by atoms with Crippen LogP contribution in [0.1, 0.15) is 40.5 Å². The third-order valence-corrected chi connectivity index (χ3v) is 2.77. The van der Waals surface area contributed by atoms with Gasteiger partial charge < -0.3 is 0 Å². The molecule has 1 radical (unpaired) electrons. The van der Waals surface area contributed by atoms with Crippen molar-refractivity contribution < 1.29 is 5.21 Å². The van der Waals surface area contributed by atoms with E-state index in [0.717, 1.165) is 5.06 Å². The Labute approximate surface area is 79.9 Å². The van der Waals surface area contributed by atoms with Crippen LogP contribution in [-0.4, -0.2) is 16.1 Å². The number of piperidine rings is 1. The normalized spacial score (nSPS) is 28.3. The van der Waals surface area contributed by atoms with E-state index in [0.29, 0.717) is 12.8 Å². The van der Waals surface area contributed by atoms with Crippen molar-refractivity contribution >= 4 is 0 Å². The number of hydrogen-bond donors (Lipinski definition) is 0. The second kappa shape index (κ2) is 2.97. The highest BCUT2D eigenvalue weighted by atomic mass is 16.5. The van der Waals surface area contributed by atoms with Crippen LogP contribution in [0.15, 0.2) is 0 Å². The molecule has 0 aliphatic carbocycles. The molecule has 3 heteroatoms. The van der Waals surface area contributed by atoms with E-state index in [1.807, 2.05) is 27.7 Å². The van der Waals surface area contributed by atoms with Crippen molar-refractivity contribution in [3.63, 3.8) is 0 Å². The van der Waals surface area contributed by atoms with Gasteiger partial charge in [-0.3, -0.25) is 0 Å². The van der Waals surface area contributed by atoms with Gasteiger partial charge in [0.05, 0.1) is 6.07 Å². The molecule has 1 aliphatic rings. The number of hydroxylamine groups is 2. The summed E-state index contributed by atoms with van der Waals surface area (Å²) in [5.74, 6) is 0.0233. The Morgan fingerprint density at radius 1 is 1.23 bits per heavy atom. The molecular formula is C10H17N2O. The molecule has 0 saturated carbocycles. The average molecular weight is 181 g/mol. The van der Waals surface area contributed by atoms with Gasteiger partial charge in [-0.2, -0.15) is 5.26 Å². The standard InChI is InChI=1S/C10H17N2O/c1-9(2)5-8(7-11)6-10(3,4)12(9)13/h8H,5-6H2,1-4H3. The summed E-state index contributed by atoms with van der Waals surface area (Å²) < 4.78 is 0. The Kier molecular flexibility index (Phi) is 2.40. The summed E-state index contributed by atoms with van der Waals surface area (Å²) in [6, 6.07) is 2.27. The summed E-state index contributed by atoms with van der Waals surface area (Å²) >= 11 is 0. The lowest BCUT2D eigenvalue weighted by atomic mass is 9.76. The lowest BCUT2D eigenvalue weighted by Gasteiger charge is -2.48. The molecule has 0 unspecified atom stereocenters. The third kappa shape index (κ3) is 1.84. The lowest BCUT2D eigenvalue weighted by Crippen LogP contribution is -2.58. The Bertz CT molecular complexity index is 222. The summed E-state index contributed by atoms with van der Waals surface area (Å²) in [5.41, 5.74) is -0.801. The van der Waals surface area contributed by atoms with Crippen molar-refractivity contribution in [2.24, 2.45) is 5.92 Å². The van der Waals surface area contributed by atoms with Gasteiger partial charge in [-0.15, -0.1) is 10.3 Å². The van der Waals surface area contributed by atoms with E-state index in [2.05, 4.69) is 6.07 Å². The topological polar surface area (TPSA) is 46.9 Å². The SMILES string of the molecule is CC1(C)CC(C#N)CC(C)(C)N1[O]. The first-order valence-electron chi connectivity index (χ1n) is 4.67. The van der Waals surface area contributed by atoms with Crippen LogP contribution in [0.2, 0.25) is 0 Å². The van der Waals surface area contributed by atoms with Gasteiger partial charge in [-0.05, 0) is 40.5 Å². The van der Waals surface area contributed by atoms with Crippen LogP contribution in [0.3, 0.4) is 0 Å². The van der Waals surface area contributed by atoms with Crippen LogP contribution in [-0.2, 0) is 5.21 Å². The van der Waals surface area contributed by atoms with E-state index in [4.69, 9.17) is 5.26 Å². The quantitative estimate of drug-likeness (QED) is 0.574. The molecule has 0 atom stereocenters. The highest BCUT2D eigenvalue weighted by Gasteiger charge is 2.46. The Balaban J connectivity index is 2.90. The monoisotopic (exact) mass is 181 g/mol. The van der Waals surface area contributed by atoms with Gasteiger partial charge in [0.15, 0.2) is 0 Å². The Morgan fingerprint density at radius 3 is 1.92 bits per heavy atom. The molecule has 0 aromatic carbocycles. The second-order valence-electron chi connectivity index (χ2n) is 5.15. The molecule has 0 aromatic rings. The minimum absolute atomic E-state index is 0.0233. The molecule has 3 nitrogen and oxygen atoms in total. The summed E-state index contributed by atoms with van der Waals surface area (Å²) in [5, 5.41) is 21.9. The molecule has 1 heterocycles. The first kappa shape index (κ1) is 10.5. The van der Waals surface area contributed by atoms with E-state index in [1.54, 1.807) is 0 Å². The Morgan fingerprint density at radius 2 is 1.62 bits per heavy atom. The maximum absolute atomic E-state index is 11.8. The van der Waals surface area contributed by atoms with Gasteiger partial charge in [-0.25, -0.2) is 0 Å². The number of nitriles is 1. The van der Waals surface area contributed by atoms with Crippen molar-refractivity contribution in [3.05, 3.63) is 0 Å². The molecule has 13 heavy (non-hydrogen) atoms. The number of rotatable bonds is 0. The molecule has 0 N–H and O–H groups in total. The summed E-state index contributed by atoms with van der Waals surface area (Å²) in [4.78, 5) is 0. The fourth-order valence-corrected chi connectivity index (χ4v) is 2.35. The molecule has 73 valence electrons. The van der Waals surface area contributed by atoms with Gasteiger partial charge in [0, 0.05) is 17.0 Å². The molecule has 1 saturated heterocycles. The summed E-state index contributed by atoms with van der Waals surface area (Å²) in [7, 11) is 0. The highest BCUT2D eigenvalue weighted by Crippen LogP contribution is 2.39. The maximum atomic E-state index is 11.8. The summed E-state index contributed by atoms with van der Waals surface area (Å²) in [6.07, 6.45) is 1.35. The van der Waals surface area contributed by atoms with Crippen molar-refractivity contribution in [3.8, 4) is 6.07 Å². The van der Waals surface area contributed by atoms with Gasteiger partial charge in [0.1, 0.15) is 0 Å². The molecule has 1 aliphatic heterocycles. The van der Waals surface area contributed by atoms with E-state index in [9.17, 15) is 5.21 Å². The molecule has 1 rings (SSSR count). The van der Waals surface area contributed by atoms with Gasteiger partial charge in [0.2, 0.25) is 0 Å². The summed E-state index contributed by atoms with van der Waals surface area (Å²) in [6.45, 7) is 7.63. The van der Waals surface area contributed by atoms with Gasteiger partial charge in [0.25, 0.3) is 0 Å². The third-order valence-electron chi connectivity index (χ3n) is 2.77. The minimum Gasteiger partial charge on any atom is -0.198 e. The fourth-order valence-electron chi connectivity index (χ4n) is 2.35. The van der Waals surface area contributed by atoms with Crippen molar-refractivity contribution in [1.82, 2.24) is 5.06 Å². The predicted molar refractivity (Wildman–Crippen MR) is 49.0 cm³/mol. The number of nitrogens with zero attached hydrogens (tertiary/aromatic N) is 2. The van der Waals surface area contributed by atoms with Crippen LogP contribution in [0.4, 0.5) is 0 Å². The zero-order valence-corrected chi connectivity index (χ0v) is 8.79. The predicted octanol–water partition coefficient (Wildman–Crippen LogP) is 2.12. The molecule has 0 aromatic heterocycles. The smallest absolute Gasteiger partial charge is 0.0657 e. The zero-order chi connectivity index (χ0) is 10.3. The van der Waals surface area contributed by atoms with Crippen LogP contribution < -0.4 is 0 Å². The van der Waals surface area contributed by atoms with E-state index in [-0.39, 0.29) is 5.92 Å². The second-order valence-corrected chi connectivity index (χ2v) is 5.15.